The van der Waals surface area contributed by atoms with Gasteiger partial charge in [-0.1, -0.05) is 5.16 Å². The van der Waals surface area contributed by atoms with Gasteiger partial charge in [0.05, 0.1) is 11.4 Å². The quantitative estimate of drug-likeness (QED) is 0.875. The number of ether oxygens (including phenoxy) is 1. The van der Waals surface area contributed by atoms with Gasteiger partial charge in [-0.25, -0.2) is 13.6 Å². The first-order chi connectivity index (χ1) is 10.8. The fourth-order valence-corrected chi connectivity index (χ4v) is 1.88. The Hall–Kier alpha value is -2.77. The lowest BCUT2D eigenvalue weighted by atomic mass is 10.2. The lowest BCUT2D eigenvalue weighted by molar-refractivity contribution is -0.123. The van der Waals surface area contributed by atoms with Crippen molar-refractivity contribution in [2.75, 3.05) is 5.32 Å². The highest BCUT2D eigenvalue weighted by molar-refractivity contribution is 5.98. The average molecular weight is 324 g/mol. The third-order valence-corrected chi connectivity index (χ3v) is 3.08. The summed E-state index contributed by atoms with van der Waals surface area (Å²) in [6.07, 6.45) is -1.22. The molecule has 8 heteroatoms. The third kappa shape index (κ3) is 3.71. The van der Waals surface area contributed by atoms with Gasteiger partial charge in [0.15, 0.2) is 6.10 Å². The Balaban J connectivity index is 2.05. The molecule has 0 aliphatic heterocycles. The van der Waals surface area contributed by atoms with Crippen LogP contribution in [0.15, 0.2) is 22.7 Å². The van der Waals surface area contributed by atoms with Crippen LogP contribution < -0.4 is 5.32 Å². The number of rotatable bonds is 4. The Kier molecular flexibility index (Phi) is 4.73. The summed E-state index contributed by atoms with van der Waals surface area (Å²) in [5.74, 6) is -2.83. The molecule has 1 aromatic carbocycles. The summed E-state index contributed by atoms with van der Waals surface area (Å²) in [5.41, 5.74) is 0.119. The third-order valence-electron chi connectivity index (χ3n) is 3.08. The van der Waals surface area contributed by atoms with E-state index < -0.39 is 29.6 Å². The number of carbonyl (C=O) groups excluding carboxylic acids is 2. The lowest BCUT2D eigenvalue weighted by Crippen LogP contribution is -2.30. The molecule has 1 aromatic heterocycles. The highest BCUT2D eigenvalue weighted by Crippen LogP contribution is 2.17. The maximum Gasteiger partial charge on any atom is 0.344 e. The molecule has 6 nitrogen and oxygen atoms in total. The van der Waals surface area contributed by atoms with E-state index in [1.807, 2.05) is 0 Å². The van der Waals surface area contributed by atoms with Crippen molar-refractivity contribution in [2.24, 2.45) is 0 Å². The van der Waals surface area contributed by atoms with Crippen molar-refractivity contribution in [2.45, 2.75) is 26.9 Å². The number of amides is 1. The number of carbonyl (C=O) groups is 2. The van der Waals surface area contributed by atoms with Gasteiger partial charge in [-0.15, -0.1) is 0 Å². The molecule has 0 saturated carbocycles. The first-order valence-corrected chi connectivity index (χ1v) is 6.69. The molecular weight excluding hydrogens is 310 g/mol. The van der Waals surface area contributed by atoms with Crippen LogP contribution in [-0.4, -0.2) is 23.1 Å². The molecule has 0 aliphatic rings. The summed E-state index contributed by atoms with van der Waals surface area (Å²) in [7, 11) is 0. The average Bonchev–Trinajstić information content (AvgIpc) is 2.81. The summed E-state index contributed by atoms with van der Waals surface area (Å²) < 4.78 is 36.4. The second-order valence-electron chi connectivity index (χ2n) is 4.86. The van der Waals surface area contributed by atoms with E-state index >= 15 is 0 Å². The minimum Gasteiger partial charge on any atom is -0.449 e. The normalized spacial score (nSPS) is 11.9. The standard InChI is InChI=1S/C15H14F2N2O4/c1-7-13(8(2)23-19-7)15(21)22-9(3)14(20)18-12-6-10(16)4-5-11(12)17/h4-6,9H,1-3H3,(H,18,20)/t9-/m1/s1. The van der Waals surface area contributed by atoms with Crippen LogP contribution in [0, 0.1) is 25.5 Å². The number of nitrogens with zero attached hydrogens (tertiary/aromatic N) is 1. The molecule has 1 amide bonds. The zero-order chi connectivity index (χ0) is 17.1. The summed E-state index contributed by atoms with van der Waals surface area (Å²) >= 11 is 0. The number of benzene rings is 1. The zero-order valence-corrected chi connectivity index (χ0v) is 12.6. The SMILES string of the molecule is Cc1noc(C)c1C(=O)O[C@H](C)C(=O)Nc1cc(F)ccc1F. The zero-order valence-electron chi connectivity index (χ0n) is 12.6. The number of halogens is 2. The van der Waals surface area contributed by atoms with Crippen molar-refractivity contribution in [3.05, 3.63) is 46.9 Å². The monoisotopic (exact) mass is 324 g/mol. The highest BCUT2D eigenvalue weighted by atomic mass is 19.1. The van der Waals surface area contributed by atoms with Crippen molar-refractivity contribution in [3.8, 4) is 0 Å². The van der Waals surface area contributed by atoms with E-state index in [9.17, 15) is 18.4 Å². The van der Waals surface area contributed by atoms with Gasteiger partial charge in [-0.3, -0.25) is 4.79 Å². The first-order valence-electron chi connectivity index (χ1n) is 6.69. The van der Waals surface area contributed by atoms with Crippen LogP contribution in [0.1, 0.15) is 28.7 Å². The van der Waals surface area contributed by atoms with E-state index in [1.165, 1.54) is 13.8 Å². The van der Waals surface area contributed by atoms with Crippen molar-refractivity contribution in [1.82, 2.24) is 5.16 Å². The molecule has 1 atom stereocenters. The molecule has 0 spiro atoms. The van der Waals surface area contributed by atoms with Crippen molar-refractivity contribution in [3.63, 3.8) is 0 Å². The van der Waals surface area contributed by atoms with Crippen LogP contribution in [-0.2, 0) is 9.53 Å². The van der Waals surface area contributed by atoms with Crippen LogP contribution in [0.25, 0.3) is 0 Å². The Bertz CT molecular complexity index is 738. The number of hydrogen-bond acceptors (Lipinski definition) is 5. The molecule has 2 rings (SSSR count). The summed E-state index contributed by atoms with van der Waals surface area (Å²) in [4.78, 5) is 23.9. The highest BCUT2D eigenvalue weighted by Gasteiger charge is 2.24. The Morgan fingerprint density at radius 1 is 1.30 bits per heavy atom. The minimum absolute atomic E-state index is 0.126. The van der Waals surface area contributed by atoms with Gasteiger partial charge in [-0.05, 0) is 32.9 Å². The Morgan fingerprint density at radius 2 is 2.00 bits per heavy atom. The molecule has 2 aromatic rings. The van der Waals surface area contributed by atoms with E-state index in [2.05, 4.69) is 10.5 Å². The maximum absolute atomic E-state index is 13.5. The fourth-order valence-electron chi connectivity index (χ4n) is 1.88. The van der Waals surface area contributed by atoms with E-state index in [0.717, 1.165) is 18.2 Å². The molecule has 1 heterocycles. The Labute approximate surface area is 130 Å². The molecule has 122 valence electrons. The fraction of sp³-hybridized carbons (Fsp3) is 0.267. The van der Waals surface area contributed by atoms with Gasteiger partial charge in [0, 0.05) is 6.07 Å². The summed E-state index contributed by atoms with van der Waals surface area (Å²) in [5, 5.41) is 5.77. The number of anilines is 1. The van der Waals surface area contributed by atoms with Crippen LogP contribution in [0.5, 0.6) is 0 Å². The van der Waals surface area contributed by atoms with Gasteiger partial charge >= 0.3 is 5.97 Å². The first kappa shape index (κ1) is 16.6. The smallest absolute Gasteiger partial charge is 0.344 e. The molecule has 0 fully saturated rings. The van der Waals surface area contributed by atoms with Crippen molar-refractivity contribution < 1.29 is 27.6 Å². The second-order valence-corrected chi connectivity index (χ2v) is 4.86. The van der Waals surface area contributed by atoms with Crippen LogP contribution in [0.2, 0.25) is 0 Å². The molecular formula is C15H14F2N2O4. The van der Waals surface area contributed by atoms with E-state index in [1.54, 1.807) is 6.92 Å². The van der Waals surface area contributed by atoms with E-state index in [4.69, 9.17) is 9.26 Å². The van der Waals surface area contributed by atoms with Crippen LogP contribution in [0.4, 0.5) is 14.5 Å². The minimum atomic E-state index is -1.22. The predicted octanol–water partition coefficient (Wildman–Crippen LogP) is 2.75. The Morgan fingerprint density at radius 3 is 2.61 bits per heavy atom. The van der Waals surface area contributed by atoms with Gasteiger partial charge < -0.3 is 14.6 Å². The maximum atomic E-state index is 13.5. The largest absolute Gasteiger partial charge is 0.449 e. The van der Waals surface area contributed by atoms with Gasteiger partial charge in [0.2, 0.25) is 0 Å². The number of nitrogens with one attached hydrogen (secondary N) is 1. The molecule has 0 saturated heterocycles. The summed E-state index contributed by atoms with van der Waals surface area (Å²) in [6, 6.07) is 2.63. The van der Waals surface area contributed by atoms with E-state index in [-0.39, 0.29) is 17.0 Å². The number of aromatic nitrogens is 1. The molecule has 23 heavy (non-hydrogen) atoms. The van der Waals surface area contributed by atoms with Crippen LogP contribution >= 0.6 is 0 Å². The second kappa shape index (κ2) is 6.55. The number of hydrogen-bond donors (Lipinski definition) is 1. The molecule has 1 N–H and O–H groups in total. The number of esters is 1. The summed E-state index contributed by atoms with van der Waals surface area (Å²) in [6.45, 7) is 4.39. The van der Waals surface area contributed by atoms with Gasteiger partial charge in [0.1, 0.15) is 23.0 Å². The molecule has 0 aliphatic carbocycles. The van der Waals surface area contributed by atoms with Crippen molar-refractivity contribution >= 4 is 17.6 Å². The predicted molar refractivity (Wildman–Crippen MR) is 75.8 cm³/mol. The topological polar surface area (TPSA) is 81.4 Å². The lowest BCUT2D eigenvalue weighted by Gasteiger charge is -2.13. The van der Waals surface area contributed by atoms with E-state index in [0.29, 0.717) is 5.69 Å². The number of aryl methyl sites for hydroxylation is 2. The van der Waals surface area contributed by atoms with Gasteiger partial charge in [-0.2, -0.15) is 0 Å². The van der Waals surface area contributed by atoms with Gasteiger partial charge in [0.25, 0.3) is 5.91 Å². The van der Waals surface area contributed by atoms with Crippen LogP contribution in [0.3, 0.4) is 0 Å². The molecule has 0 bridgehead atoms. The van der Waals surface area contributed by atoms with Crippen molar-refractivity contribution in [1.29, 1.82) is 0 Å². The molecule has 0 unspecified atom stereocenters. The molecule has 0 radical (unpaired) electrons.